The molecular formula is C24H18Cl2N2O4S. The summed E-state index contributed by atoms with van der Waals surface area (Å²) in [5.74, 6) is 0.412. The number of rotatable bonds is 5. The summed E-state index contributed by atoms with van der Waals surface area (Å²) in [6, 6.07) is 15.6. The molecule has 33 heavy (non-hydrogen) atoms. The second kappa shape index (κ2) is 9.87. The topological polar surface area (TPSA) is 72.1 Å². The van der Waals surface area contributed by atoms with Crippen LogP contribution in [0.4, 0.5) is 5.69 Å². The van der Waals surface area contributed by atoms with Crippen molar-refractivity contribution in [1.29, 1.82) is 0 Å². The van der Waals surface area contributed by atoms with Crippen LogP contribution in [0, 0.1) is 0 Å². The van der Waals surface area contributed by atoms with Crippen LogP contribution in [0.5, 0.6) is 0 Å². The lowest BCUT2D eigenvalue weighted by Gasteiger charge is -2.07. The first-order valence-corrected chi connectivity index (χ1v) is 11.5. The van der Waals surface area contributed by atoms with Gasteiger partial charge in [-0.1, -0.05) is 35.3 Å². The van der Waals surface area contributed by atoms with E-state index in [1.165, 1.54) is 16.7 Å². The van der Waals surface area contributed by atoms with Crippen LogP contribution in [0.15, 0.2) is 68.9 Å². The maximum atomic E-state index is 12.7. The number of halogens is 2. The van der Waals surface area contributed by atoms with Gasteiger partial charge in [-0.2, -0.15) is 0 Å². The number of aliphatic imine (C=N–C) groups is 1. The standard InChI is InChI=1S/C24H18Cl2N2O4S/c1-3-31-23(30)14-6-4-7-15(12-14)27-24-28(2)22(29)20(33-24)13-16-10-11-19(32-16)17-8-5-9-18(25)21(17)26/h4-13H,3H2,1-2H3. The second-order valence-corrected chi connectivity index (χ2v) is 8.74. The van der Waals surface area contributed by atoms with Crippen LogP contribution in [0.3, 0.4) is 0 Å². The van der Waals surface area contributed by atoms with E-state index in [4.69, 9.17) is 32.4 Å². The Kier molecular flexibility index (Phi) is 6.93. The van der Waals surface area contributed by atoms with Gasteiger partial charge >= 0.3 is 5.97 Å². The average Bonchev–Trinajstić information content (AvgIpc) is 3.37. The van der Waals surface area contributed by atoms with Crippen LogP contribution in [0.2, 0.25) is 10.0 Å². The fraction of sp³-hybridized carbons (Fsp3) is 0.125. The molecule has 3 aromatic rings. The van der Waals surface area contributed by atoms with Gasteiger partial charge in [-0.3, -0.25) is 9.69 Å². The van der Waals surface area contributed by atoms with E-state index in [1.54, 1.807) is 68.6 Å². The Hall–Kier alpha value is -3.00. The van der Waals surface area contributed by atoms with Crippen molar-refractivity contribution in [1.82, 2.24) is 4.90 Å². The summed E-state index contributed by atoms with van der Waals surface area (Å²) in [5.41, 5.74) is 1.61. The number of amides is 1. The van der Waals surface area contributed by atoms with Gasteiger partial charge < -0.3 is 9.15 Å². The lowest BCUT2D eigenvalue weighted by Crippen LogP contribution is -2.23. The molecule has 0 N–H and O–H groups in total. The summed E-state index contributed by atoms with van der Waals surface area (Å²) in [6.45, 7) is 2.04. The van der Waals surface area contributed by atoms with Crippen LogP contribution in [0.25, 0.3) is 17.4 Å². The lowest BCUT2D eigenvalue weighted by atomic mass is 10.2. The number of thioether (sulfide) groups is 1. The highest BCUT2D eigenvalue weighted by Crippen LogP contribution is 2.37. The Morgan fingerprint density at radius 2 is 1.97 bits per heavy atom. The van der Waals surface area contributed by atoms with Crippen molar-refractivity contribution in [2.24, 2.45) is 4.99 Å². The van der Waals surface area contributed by atoms with E-state index in [1.807, 2.05) is 6.07 Å². The van der Waals surface area contributed by atoms with Crippen molar-refractivity contribution >= 4 is 63.8 Å². The van der Waals surface area contributed by atoms with Crippen molar-refractivity contribution in [3.8, 4) is 11.3 Å². The monoisotopic (exact) mass is 500 g/mol. The van der Waals surface area contributed by atoms with E-state index in [9.17, 15) is 9.59 Å². The minimum atomic E-state index is -0.419. The quantitative estimate of drug-likeness (QED) is 0.289. The van der Waals surface area contributed by atoms with E-state index in [2.05, 4.69) is 4.99 Å². The van der Waals surface area contributed by atoms with E-state index in [0.717, 1.165) is 0 Å². The SMILES string of the molecule is CCOC(=O)c1cccc(N=C2SC(=Cc3ccc(-c4cccc(Cl)c4Cl)o3)C(=O)N2C)c1. The predicted molar refractivity (Wildman–Crippen MR) is 132 cm³/mol. The molecule has 1 aliphatic heterocycles. The largest absolute Gasteiger partial charge is 0.462 e. The van der Waals surface area contributed by atoms with Gasteiger partial charge in [0.1, 0.15) is 11.5 Å². The van der Waals surface area contributed by atoms with Gasteiger partial charge in [0, 0.05) is 18.7 Å². The lowest BCUT2D eigenvalue weighted by molar-refractivity contribution is -0.121. The molecule has 1 saturated heterocycles. The normalized spacial score (nSPS) is 16.1. The van der Waals surface area contributed by atoms with Gasteiger partial charge in [0.25, 0.3) is 5.91 Å². The summed E-state index contributed by atoms with van der Waals surface area (Å²) in [4.78, 5) is 31.2. The smallest absolute Gasteiger partial charge is 0.338 e. The minimum Gasteiger partial charge on any atom is -0.462 e. The molecule has 2 heterocycles. The third kappa shape index (κ3) is 5.00. The highest BCUT2D eigenvalue weighted by Gasteiger charge is 2.30. The van der Waals surface area contributed by atoms with Gasteiger partial charge in [0.15, 0.2) is 5.17 Å². The molecule has 1 fully saturated rings. The number of carbonyl (C=O) groups is 2. The van der Waals surface area contributed by atoms with Gasteiger partial charge in [0.2, 0.25) is 0 Å². The first kappa shape index (κ1) is 23.2. The third-order valence-electron chi connectivity index (χ3n) is 4.70. The molecule has 9 heteroatoms. The highest BCUT2D eigenvalue weighted by molar-refractivity contribution is 8.18. The third-order valence-corrected chi connectivity index (χ3v) is 6.58. The number of furan rings is 1. The molecular weight excluding hydrogens is 483 g/mol. The number of benzene rings is 2. The van der Waals surface area contributed by atoms with E-state index in [-0.39, 0.29) is 12.5 Å². The average molecular weight is 501 g/mol. The van der Waals surface area contributed by atoms with Crippen molar-refractivity contribution in [3.63, 3.8) is 0 Å². The molecule has 0 unspecified atom stereocenters. The Morgan fingerprint density at radius 1 is 1.18 bits per heavy atom. The molecule has 1 aliphatic rings. The van der Waals surface area contributed by atoms with Crippen molar-refractivity contribution in [3.05, 3.63) is 80.9 Å². The molecule has 0 aliphatic carbocycles. The van der Waals surface area contributed by atoms with Crippen LogP contribution in [-0.2, 0) is 9.53 Å². The number of hydrogen-bond acceptors (Lipinski definition) is 6. The molecule has 0 saturated carbocycles. The highest BCUT2D eigenvalue weighted by atomic mass is 35.5. The number of ether oxygens (including phenoxy) is 1. The van der Waals surface area contributed by atoms with Gasteiger partial charge in [0.05, 0.1) is 32.8 Å². The molecule has 0 atom stereocenters. The second-order valence-electron chi connectivity index (χ2n) is 6.94. The zero-order valence-electron chi connectivity index (χ0n) is 17.7. The Labute approximate surface area is 204 Å². The van der Waals surface area contributed by atoms with Crippen molar-refractivity contribution < 1.29 is 18.7 Å². The molecule has 0 radical (unpaired) electrons. The van der Waals surface area contributed by atoms with Crippen LogP contribution in [-0.4, -0.2) is 35.6 Å². The molecule has 1 aromatic heterocycles. The van der Waals surface area contributed by atoms with Gasteiger partial charge in [-0.05, 0) is 61.2 Å². The number of esters is 1. The fourth-order valence-corrected chi connectivity index (χ4v) is 4.44. The zero-order chi connectivity index (χ0) is 23.5. The van der Waals surface area contributed by atoms with Gasteiger partial charge in [-0.25, -0.2) is 9.79 Å². The Morgan fingerprint density at radius 3 is 2.76 bits per heavy atom. The first-order chi connectivity index (χ1) is 15.9. The number of hydrogen-bond donors (Lipinski definition) is 0. The number of nitrogens with zero attached hydrogens (tertiary/aromatic N) is 2. The molecule has 6 nitrogen and oxygen atoms in total. The van der Waals surface area contributed by atoms with Gasteiger partial charge in [-0.15, -0.1) is 0 Å². The molecule has 168 valence electrons. The zero-order valence-corrected chi connectivity index (χ0v) is 20.0. The predicted octanol–water partition coefficient (Wildman–Crippen LogP) is 6.66. The maximum absolute atomic E-state index is 12.7. The molecule has 4 rings (SSSR count). The summed E-state index contributed by atoms with van der Waals surface area (Å²) in [5, 5.41) is 1.32. The molecule has 1 amide bonds. The summed E-state index contributed by atoms with van der Waals surface area (Å²) < 4.78 is 10.9. The number of amidine groups is 1. The Balaban J connectivity index is 1.58. The number of carbonyl (C=O) groups excluding carboxylic acids is 2. The Bertz CT molecular complexity index is 1300. The maximum Gasteiger partial charge on any atom is 0.338 e. The fourth-order valence-electron chi connectivity index (χ4n) is 3.08. The first-order valence-electron chi connectivity index (χ1n) is 9.95. The van der Waals surface area contributed by atoms with E-state index >= 15 is 0 Å². The van der Waals surface area contributed by atoms with Crippen molar-refractivity contribution in [2.75, 3.05) is 13.7 Å². The van der Waals surface area contributed by atoms with Crippen LogP contribution < -0.4 is 0 Å². The molecule has 0 bridgehead atoms. The molecule has 2 aromatic carbocycles. The van der Waals surface area contributed by atoms with Crippen LogP contribution in [0.1, 0.15) is 23.0 Å². The molecule has 0 spiro atoms. The van der Waals surface area contributed by atoms with Crippen LogP contribution >= 0.6 is 35.0 Å². The number of likely N-dealkylation sites (N-methyl/N-ethyl adjacent to an activating group) is 1. The van der Waals surface area contributed by atoms with E-state index < -0.39 is 5.97 Å². The summed E-state index contributed by atoms with van der Waals surface area (Å²) in [6.07, 6.45) is 1.66. The summed E-state index contributed by atoms with van der Waals surface area (Å²) >= 11 is 13.6. The van der Waals surface area contributed by atoms with Crippen molar-refractivity contribution in [2.45, 2.75) is 6.92 Å². The van der Waals surface area contributed by atoms with E-state index in [0.29, 0.717) is 48.5 Å². The minimum absolute atomic E-state index is 0.209. The summed E-state index contributed by atoms with van der Waals surface area (Å²) in [7, 11) is 1.64.